The predicted molar refractivity (Wildman–Crippen MR) is 107 cm³/mol. The molecule has 0 aliphatic rings. The lowest BCUT2D eigenvalue weighted by atomic mass is 10.1. The summed E-state index contributed by atoms with van der Waals surface area (Å²) in [5.74, 6) is -0.427. The van der Waals surface area contributed by atoms with Crippen LogP contribution in [0.25, 0.3) is 5.69 Å². The van der Waals surface area contributed by atoms with Crippen molar-refractivity contribution < 1.29 is 27.8 Å². The largest absolute Gasteiger partial charge is 0.487 e. The Kier molecular flexibility index (Phi) is 6.20. The molecule has 1 aromatic heterocycles. The maximum atomic E-state index is 13.5. The molecule has 158 valence electrons. The molecule has 0 atom stereocenters. The summed E-state index contributed by atoms with van der Waals surface area (Å²) >= 11 is 0. The number of ether oxygens (including phenoxy) is 1. The van der Waals surface area contributed by atoms with E-state index < -0.39 is 17.7 Å². The Morgan fingerprint density at radius 3 is 2.50 bits per heavy atom. The quantitative estimate of drug-likeness (QED) is 0.536. The lowest BCUT2D eigenvalue weighted by Crippen LogP contribution is -2.13. The zero-order chi connectivity index (χ0) is 21.9. The molecule has 7 heteroatoms. The summed E-state index contributed by atoms with van der Waals surface area (Å²) < 4.78 is 47.9. The molecule has 0 saturated carbocycles. The second-order valence-electron chi connectivity index (χ2n) is 7.17. The van der Waals surface area contributed by atoms with Crippen molar-refractivity contribution in [1.82, 2.24) is 4.57 Å². The van der Waals surface area contributed by atoms with Crippen molar-refractivity contribution in [3.05, 3.63) is 82.7 Å². The van der Waals surface area contributed by atoms with Gasteiger partial charge in [0.25, 0.3) is 0 Å². The molecule has 0 spiro atoms. The molecule has 1 N–H and O–H groups in total. The Morgan fingerprint density at radius 1 is 1.10 bits per heavy atom. The summed E-state index contributed by atoms with van der Waals surface area (Å²) in [6, 6.07) is 13.5. The van der Waals surface area contributed by atoms with Crippen LogP contribution in [0, 0.1) is 13.8 Å². The summed E-state index contributed by atoms with van der Waals surface area (Å²) in [7, 11) is 0. The average Bonchev–Trinajstić information content (AvgIpc) is 3.10. The van der Waals surface area contributed by atoms with Gasteiger partial charge in [-0.3, -0.25) is 4.79 Å². The van der Waals surface area contributed by atoms with E-state index in [1.807, 2.05) is 19.1 Å². The van der Waals surface area contributed by atoms with Crippen LogP contribution in [-0.2, 0) is 24.0 Å². The zero-order valence-electron chi connectivity index (χ0n) is 16.7. The van der Waals surface area contributed by atoms with Gasteiger partial charge in [0.1, 0.15) is 12.4 Å². The molecule has 0 aliphatic carbocycles. The Labute approximate surface area is 172 Å². The molecule has 0 fully saturated rings. The molecule has 0 bridgehead atoms. The van der Waals surface area contributed by atoms with Gasteiger partial charge in [0.2, 0.25) is 0 Å². The predicted octanol–water partition coefficient (Wildman–Crippen LogP) is 5.71. The number of aromatic nitrogens is 1. The molecular weight excluding hydrogens is 395 g/mol. The molecule has 3 rings (SSSR count). The fourth-order valence-corrected chi connectivity index (χ4v) is 3.32. The Morgan fingerprint density at radius 2 is 1.87 bits per heavy atom. The van der Waals surface area contributed by atoms with Crippen molar-refractivity contribution in [3.8, 4) is 11.4 Å². The van der Waals surface area contributed by atoms with E-state index in [1.54, 1.807) is 37.3 Å². The minimum absolute atomic E-state index is 0.0125. The number of aliphatic carboxylic acids is 1. The van der Waals surface area contributed by atoms with E-state index in [9.17, 15) is 18.0 Å². The van der Waals surface area contributed by atoms with Crippen LogP contribution in [0.3, 0.4) is 0 Å². The maximum absolute atomic E-state index is 13.5. The molecule has 0 aliphatic heterocycles. The van der Waals surface area contributed by atoms with Crippen molar-refractivity contribution in [1.29, 1.82) is 0 Å². The van der Waals surface area contributed by atoms with E-state index in [0.717, 1.165) is 22.8 Å². The number of hydrogen-bond donors (Lipinski definition) is 1. The third-order valence-corrected chi connectivity index (χ3v) is 4.81. The summed E-state index contributed by atoms with van der Waals surface area (Å²) in [4.78, 5) is 10.7. The minimum atomic E-state index is -4.50. The number of halogens is 3. The van der Waals surface area contributed by atoms with Crippen LogP contribution in [0.2, 0.25) is 0 Å². The van der Waals surface area contributed by atoms with E-state index in [0.29, 0.717) is 17.9 Å². The lowest BCUT2D eigenvalue weighted by Gasteiger charge is -2.16. The zero-order valence-corrected chi connectivity index (χ0v) is 16.7. The van der Waals surface area contributed by atoms with E-state index in [4.69, 9.17) is 9.84 Å². The lowest BCUT2D eigenvalue weighted by molar-refractivity contribution is -0.139. The molecule has 1 heterocycles. The van der Waals surface area contributed by atoms with Crippen molar-refractivity contribution >= 4 is 5.97 Å². The van der Waals surface area contributed by atoms with Crippen LogP contribution in [0.5, 0.6) is 5.75 Å². The number of aryl methyl sites for hydroxylation is 3. The van der Waals surface area contributed by atoms with Gasteiger partial charge in [-0.15, -0.1) is 0 Å². The van der Waals surface area contributed by atoms with Gasteiger partial charge in [0, 0.05) is 18.3 Å². The molecule has 2 aromatic carbocycles. The standard InChI is InChI=1S/C23H22F3NO3/c1-15-4-3-5-18(12-15)27-11-10-19(23(24,25)26)20(27)14-30-21-8-6-17(13-16(21)2)7-9-22(28)29/h3-6,8,10-13H,7,9,14H2,1-2H3,(H,28,29). The molecule has 30 heavy (non-hydrogen) atoms. The second-order valence-corrected chi connectivity index (χ2v) is 7.17. The van der Waals surface area contributed by atoms with Gasteiger partial charge in [0.15, 0.2) is 0 Å². The van der Waals surface area contributed by atoms with E-state index in [1.165, 1.54) is 10.8 Å². The number of benzene rings is 2. The van der Waals surface area contributed by atoms with Crippen LogP contribution in [0.15, 0.2) is 54.7 Å². The molecule has 0 amide bonds. The van der Waals surface area contributed by atoms with Crippen molar-refractivity contribution in [2.24, 2.45) is 0 Å². The highest BCUT2D eigenvalue weighted by Crippen LogP contribution is 2.35. The summed E-state index contributed by atoms with van der Waals surface area (Å²) in [6.45, 7) is 3.40. The molecule has 0 saturated heterocycles. The first-order valence-corrected chi connectivity index (χ1v) is 9.43. The van der Waals surface area contributed by atoms with Gasteiger partial charge < -0.3 is 14.4 Å². The highest BCUT2D eigenvalue weighted by Gasteiger charge is 2.35. The highest BCUT2D eigenvalue weighted by molar-refractivity contribution is 5.67. The molecule has 0 radical (unpaired) electrons. The third kappa shape index (κ3) is 5.03. The molecule has 0 unspecified atom stereocenters. The Hall–Kier alpha value is -3.22. The minimum Gasteiger partial charge on any atom is -0.487 e. The first-order valence-electron chi connectivity index (χ1n) is 9.43. The summed E-state index contributed by atoms with van der Waals surface area (Å²) in [6.07, 6.45) is -2.70. The van der Waals surface area contributed by atoms with Crippen LogP contribution < -0.4 is 4.74 Å². The van der Waals surface area contributed by atoms with E-state index >= 15 is 0 Å². The fourth-order valence-electron chi connectivity index (χ4n) is 3.32. The number of carboxylic acid groups (broad SMARTS) is 1. The highest BCUT2D eigenvalue weighted by atomic mass is 19.4. The van der Waals surface area contributed by atoms with Gasteiger partial charge in [-0.2, -0.15) is 13.2 Å². The van der Waals surface area contributed by atoms with Gasteiger partial charge in [-0.25, -0.2) is 0 Å². The normalized spacial score (nSPS) is 11.5. The van der Waals surface area contributed by atoms with Gasteiger partial charge in [-0.05, 0) is 61.2 Å². The average molecular weight is 417 g/mol. The Balaban J connectivity index is 1.87. The van der Waals surface area contributed by atoms with Gasteiger partial charge in [0.05, 0.1) is 11.3 Å². The van der Waals surface area contributed by atoms with Crippen molar-refractivity contribution in [3.63, 3.8) is 0 Å². The van der Waals surface area contributed by atoms with E-state index in [2.05, 4.69) is 0 Å². The van der Waals surface area contributed by atoms with E-state index in [-0.39, 0.29) is 18.7 Å². The molecule has 3 aromatic rings. The van der Waals surface area contributed by atoms with Crippen LogP contribution >= 0.6 is 0 Å². The monoisotopic (exact) mass is 417 g/mol. The van der Waals surface area contributed by atoms with Gasteiger partial charge >= 0.3 is 12.1 Å². The van der Waals surface area contributed by atoms with Crippen molar-refractivity contribution in [2.75, 3.05) is 0 Å². The maximum Gasteiger partial charge on any atom is 0.418 e. The second kappa shape index (κ2) is 8.65. The smallest absolute Gasteiger partial charge is 0.418 e. The number of carboxylic acids is 1. The third-order valence-electron chi connectivity index (χ3n) is 4.81. The molecule has 4 nitrogen and oxygen atoms in total. The number of alkyl halides is 3. The summed E-state index contributed by atoms with van der Waals surface area (Å²) in [5.41, 5.74) is 2.42. The number of rotatable bonds is 7. The number of hydrogen-bond acceptors (Lipinski definition) is 2. The van der Waals surface area contributed by atoms with Gasteiger partial charge in [-0.1, -0.05) is 24.3 Å². The number of nitrogens with zero attached hydrogens (tertiary/aromatic N) is 1. The summed E-state index contributed by atoms with van der Waals surface area (Å²) in [5, 5.41) is 8.80. The first kappa shape index (κ1) is 21.5. The SMILES string of the molecule is Cc1cccc(-n2ccc(C(F)(F)F)c2COc2ccc(CCC(=O)O)cc2C)c1. The fraction of sp³-hybridized carbons (Fsp3) is 0.261. The van der Waals surface area contributed by atoms with Crippen LogP contribution in [-0.4, -0.2) is 15.6 Å². The Bertz CT molecular complexity index is 1050. The van der Waals surface area contributed by atoms with Crippen LogP contribution in [0.4, 0.5) is 13.2 Å². The number of carbonyl (C=O) groups is 1. The van der Waals surface area contributed by atoms with Crippen molar-refractivity contribution in [2.45, 2.75) is 39.5 Å². The van der Waals surface area contributed by atoms with Crippen LogP contribution in [0.1, 0.15) is 34.4 Å². The first-order chi connectivity index (χ1) is 14.1. The molecular formula is C23H22F3NO3. The topological polar surface area (TPSA) is 51.5 Å².